The van der Waals surface area contributed by atoms with Crippen molar-refractivity contribution in [3.63, 3.8) is 0 Å². The van der Waals surface area contributed by atoms with E-state index in [0.29, 0.717) is 31.8 Å². The van der Waals surface area contributed by atoms with Gasteiger partial charge < -0.3 is 15.4 Å². The van der Waals surface area contributed by atoms with Gasteiger partial charge in [-0.2, -0.15) is 0 Å². The van der Waals surface area contributed by atoms with Crippen LogP contribution in [0.25, 0.3) is 0 Å². The molecule has 0 atom stereocenters. The number of nitrogens with two attached hydrogens (primary N) is 1. The first-order chi connectivity index (χ1) is 8.29. The number of carbonyl (C=O) groups is 1. The number of hydrogen-bond acceptors (Lipinski definition) is 4. The first-order valence-electron chi connectivity index (χ1n) is 5.68. The van der Waals surface area contributed by atoms with E-state index in [-0.39, 0.29) is 5.91 Å². The fourth-order valence-corrected chi connectivity index (χ4v) is 1.48. The predicted octanol–water partition coefficient (Wildman–Crippen LogP) is 0.519. The van der Waals surface area contributed by atoms with Crippen LogP contribution in [0.5, 0.6) is 0 Å². The molecule has 0 aliphatic heterocycles. The fourth-order valence-electron chi connectivity index (χ4n) is 1.48. The molecule has 0 aliphatic rings. The number of ether oxygens (including phenoxy) is 1. The molecule has 2 N–H and O–H groups in total. The third kappa shape index (κ3) is 4.50. The van der Waals surface area contributed by atoms with Gasteiger partial charge in [0.05, 0.1) is 6.61 Å². The summed E-state index contributed by atoms with van der Waals surface area (Å²) < 4.78 is 5.00. The lowest BCUT2D eigenvalue weighted by Gasteiger charge is -2.22. The van der Waals surface area contributed by atoms with Gasteiger partial charge in [0, 0.05) is 38.2 Å². The van der Waals surface area contributed by atoms with Gasteiger partial charge in [0.2, 0.25) is 0 Å². The Labute approximate surface area is 102 Å². The SMILES string of the molecule is COCCN(CCCN)C(=O)c1ccncc1. The quantitative estimate of drug-likeness (QED) is 0.750. The lowest BCUT2D eigenvalue weighted by Crippen LogP contribution is -2.35. The van der Waals surface area contributed by atoms with Gasteiger partial charge >= 0.3 is 0 Å². The normalized spacial score (nSPS) is 10.2. The molecule has 0 fully saturated rings. The Morgan fingerprint density at radius 1 is 1.41 bits per heavy atom. The van der Waals surface area contributed by atoms with Gasteiger partial charge in [-0.3, -0.25) is 9.78 Å². The molecule has 0 saturated carbocycles. The van der Waals surface area contributed by atoms with Crippen LogP contribution < -0.4 is 5.73 Å². The summed E-state index contributed by atoms with van der Waals surface area (Å²) in [6.45, 7) is 2.34. The second kappa shape index (κ2) is 7.76. The van der Waals surface area contributed by atoms with E-state index in [2.05, 4.69) is 4.98 Å². The van der Waals surface area contributed by atoms with Gasteiger partial charge in [-0.15, -0.1) is 0 Å². The smallest absolute Gasteiger partial charge is 0.254 e. The van der Waals surface area contributed by atoms with Crippen LogP contribution in [-0.2, 0) is 4.74 Å². The number of pyridine rings is 1. The van der Waals surface area contributed by atoms with Crippen molar-refractivity contribution in [3.05, 3.63) is 30.1 Å². The van der Waals surface area contributed by atoms with Crippen LogP contribution in [0.3, 0.4) is 0 Å². The summed E-state index contributed by atoms with van der Waals surface area (Å²) in [6.07, 6.45) is 4.02. The second-order valence-electron chi connectivity index (χ2n) is 3.66. The van der Waals surface area contributed by atoms with Crippen LogP contribution in [0.1, 0.15) is 16.8 Å². The van der Waals surface area contributed by atoms with Gasteiger partial charge in [0.15, 0.2) is 0 Å². The third-order valence-corrected chi connectivity index (χ3v) is 2.41. The van der Waals surface area contributed by atoms with Crippen LogP contribution >= 0.6 is 0 Å². The first kappa shape index (κ1) is 13.6. The van der Waals surface area contributed by atoms with Crippen molar-refractivity contribution in [1.82, 2.24) is 9.88 Å². The van der Waals surface area contributed by atoms with E-state index in [9.17, 15) is 4.79 Å². The number of amides is 1. The minimum atomic E-state index is -0.00194. The van der Waals surface area contributed by atoms with Crippen molar-refractivity contribution in [2.75, 3.05) is 33.4 Å². The minimum Gasteiger partial charge on any atom is -0.383 e. The molecule has 5 nitrogen and oxygen atoms in total. The van der Waals surface area contributed by atoms with Crippen LogP contribution in [-0.4, -0.2) is 49.1 Å². The molecule has 94 valence electrons. The zero-order valence-electron chi connectivity index (χ0n) is 10.1. The molecule has 0 aliphatic carbocycles. The maximum Gasteiger partial charge on any atom is 0.254 e. The largest absolute Gasteiger partial charge is 0.383 e. The second-order valence-corrected chi connectivity index (χ2v) is 3.66. The van der Waals surface area contributed by atoms with Gasteiger partial charge in [-0.1, -0.05) is 0 Å². The zero-order valence-corrected chi connectivity index (χ0v) is 10.1. The number of hydrogen-bond donors (Lipinski definition) is 1. The molecule has 0 spiro atoms. The highest BCUT2D eigenvalue weighted by atomic mass is 16.5. The molecule has 1 aromatic rings. The van der Waals surface area contributed by atoms with E-state index in [1.807, 2.05) is 0 Å². The highest BCUT2D eigenvalue weighted by Crippen LogP contribution is 2.04. The highest BCUT2D eigenvalue weighted by molar-refractivity contribution is 5.94. The summed E-state index contributed by atoms with van der Waals surface area (Å²) in [7, 11) is 1.62. The van der Waals surface area contributed by atoms with Crippen molar-refractivity contribution in [3.8, 4) is 0 Å². The lowest BCUT2D eigenvalue weighted by molar-refractivity contribution is 0.0694. The molecule has 5 heteroatoms. The average Bonchev–Trinajstić information content (AvgIpc) is 2.39. The van der Waals surface area contributed by atoms with Crippen LogP contribution in [0.2, 0.25) is 0 Å². The highest BCUT2D eigenvalue weighted by Gasteiger charge is 2.14. The van der Waals surface area contributed by atoms with E-state index in [0.717, 1.165) is 6.42 Å². The summed E-state index contributed by atoms with van der Waals surface area (Å²) in [5.74, 6) is -0.00194. The zero-order chi connectivity index (χ0) is 12.5. The van der Waals surface area contributed by atoms with Crippen molar-refractivity contribution in [2.45, 2.75) is 6.42 Å². The van der Waals surface area contributed by atoms with Crippen molar-refractivity contribution in [2.24, 2.45) is 5.73 Å². The van der Waals surface area contributed by atoms with E-state index in [1.165, 1.54) is 0 Å². The third-order valence-electron chi connectivity index (χ3n) is 2.41. The van der Waals surface area contributed by atoms with Crippen LogP contribution in [0, 0.1) is 0 Å². The maximum atomic E-state index is 12.2. The molecule has 0 aromatic carbocycles. The van der Waals surface area contributed by atoms with Crippen molar-refractivity contribution < 1.29 is 9.53 Å². The summed E-state index contributed by atoms with van der Waals surface area (Å²) in [5, 5.41) is 0. The summed E-state index contributed by atoms with van der Waals surface area (Å²) >= 11 is 0. The van der Waals surface area contributed by atoms with Crippen LogP contribution in [0.15, 0.2) is 24.5 Å². The Bertz CT molecular complexity index is 322. The Hall–Kier alpha value is -1.46. The topological polar surface area (TPSA) is 68.5 Å². The van der Waals surface area contributed by atoms with E-state index in [4.69, 9.17) is 10.5 Å². The maximum absolute atomic E-state index is 12.2. The number of methoxy groups -OCH3 is 1. The Morgan fingerprint density at radius 2 is 2.12 bits per heavy atom. The summed E-state index contributed by atoms with van der Waals surface area (Å²) in [6, 6.07) is 3.43. The molecule has 0 bridgehead atoms. The average molecular weight is 237 g/mol. The van der Waals surface area contributed by atoms with Gasteiger partial charge in [-0.25, -0.2) is 0 Å². The minimum absolute atomic E-state index is 0.00194. The molecule has 1 amide bonds. The number of rotatable bonds is 7. The van der Waals surface area contributed by atoms with Crippen LogP contribution in [0.4, 0.5) is 0 Å². The van der Waals surface area contributed by atoms with E-state index < -0.39 is 0 Å². The standard InChI is InChI=1S/C12H19N3O2/c1-17-10-9-15(8-2-5-13)12(16)11-3-6-14-7-4-11/h3-4,6-7H,2,5,8-10,13H2,1H3. The molecular weight excluding hydrogens is 218 g/mol. The Balaban J connectivity index is 2.64. The Morgan fingerprint density at radius 3 is 2.71 bits per heavy atom. The van der Waals surface area contributed by atoms with E-state index in [1.54, 1.807) is 36.5 Å². The van der Waals surface area contributed by atoms with Gasteiger partial charge in [0.25, 0.3) is 5.91 Å². The van der Waals surface area contributed by atoms with E-state index >= 15 is 0 Å². The van der Waals surface area contributed by atoms with Gasteiger partial charge in [0.1, 0.15) is 0 Å². The molecular formula is C12H19N3O2. The predicted molar refractivity (Wildman–Crippen MR) is 65.7 cm³/mol. The summed E-state index contributed by atoms with van der Waals surface area (Å²) in [5.41, 5.74) is 6.11. The van der Waals surface area contributed by atoms with Crippen molar-refractivity contribution in [1.29, 1.82) is 0 Å². The molecule has 17 heavy (non-hydrogen) atoms. The molecule has 0 saturated heterocycles. The summed E-state index contributed by atoms with van der Waals surface area (Å²) in [4.78, 5) is 17.8. The monoisotopic (exact) mass is 237 g/mol. The van der Waals surface area contributed by atoms with Crippen molar-refractivity contribution >= 4 is 5.91 Å². The number of nitrogens with zero attached hydrogens (tertiary/aromatic N) is 2. The van der Waals surface area contributed by atoms with Gasteiger partial charge in [-0.05, 0) is 25.1 Å². The first-order valence-corrected chi connectivity index (χ1v) is 5.68. The number of carbonyl (C=O) groups excluding carboxylic acids is 1. The molecule has 1 aromatic heterocycles. The molecule has 1 rings (SSSR count). The fraction of sp³-hybridized carbons (Fsp3) is 0.500. The molecule has 1 heterocycles. The number of aromatic nitrogens is 1. The lowest BCUT2D eigenvalue weighted by atomic mass is 10.2. The Kier molecular flexibility index (Phi) is 6.21. The molecule has 0 unspecified atom stereocenters. The molecule has 0 radical (unpaired) electrons.